The van der Waals surface area contributed by atoms with Crippen LogP contribution in [0.25, 0.3) is 0 Å². The van der Waals surface area contributed by atoms with Gasteiger partial charge in [-0.1, -0.05) is 19.8 Å². The Kier molecular flexibility index (Phi) is 6.91. The van der Waals surface area contributed by atoms with Crippen LogP contribution in [0.2, 0.25) is 0 Å². The average molecular weight is 335 g/mol. The van der Waals surface area contributed by atoms with E-state index in [0.29, 0.717) is 18.5 Å². The van der Waals surface area contributed by atoms with Crippen molar-refractivity contribution in [3.63, 3.8) is 0 Å². The standard InChI is InChI=1S/C19H30N2O3/c1-13-7-5-6-8-17(13)21-19(22)12-20-14(2)16-11-15(23-3)9-10-18(16)24-4/h9-11,13-14,17,20H,5-8,12H2,1-4H3,(H,21,22)/p+1/t13-,14+,17+/m1/s1. The smallest absolute Gasteiger partial charge is 0.275 e. The molecule has 24 heavy (non-hydrogen) atoms. The van der Waals surface area contributed by atoms with Crippen LogP contribution in [-0.2, 0) is 4.79 Å². The van der Waals surface area contributed by atoms with Crippen LogP contribution in [0.4, 0.5) is 0 Å². The maximum atomic E-state index is 12.3. The normalized spacial score (nSPS) is 21.8. The Balaban J connectivity index is 1.90. The minimum absolute atomic E-state index is 0.113. The van der Waals surface area contributed by atoms with Crippen molar-refractivity contribution in [2.24, 2.45) is 5.92 Å². The van der Waals surface area contributed by atoms with Crippen molar-refractivity contribution in [2.45, 2.75) is 51.6 Å². The second kappa shape index (κ2) is 8.92. The highest BCUT2D eigenvalue weighted by molar-refractivity contribution is 5.77. The van der Waals surface area contributed by atoms with E-state index in [0.717, 1.165) is 23.5 Å². The number of nitrogens with one attached hydrogen (secondary N) is 1. The Morgan fingerprint density at radius 3 is 2.71 bits per heavy atom. The molecule has 1 aromatic carbocycles. The number of carbonyl (C=O) groups excluding carboxylic acids is 1. The summed E-state index contributed by atoms with van der Waals surface area (Å²) < 4.78 is 10.7. The van der Waals surface area contributed by atoms with Crippen LogP contribution < -0.4 is 20.1 Å². The molecular formula is C19H31N2O3+. The summed E-state index contributed by atoms with van der Waals surface area (Å²) in [5.41, 5.74) is 1.04. The van der Waals surface area contributed by atoms with Crippen LogP contribution in [0, 0.1) is 5.92 Å². The molecule has 0 aliphatic heterocycles. The first kappa shape index (κ1) is 18.6. The van der Waals surface area contributed by atoms with Gasteiger partial charge in [0.25, 0.3) is 5.91 Å². The molecule has 3 N–H and O–H groups in total. The van der Waals surface area contributed by atoms with Crippen molar-refractivity contribution in [3.8, 4) is 11.5 Å². The zero-order valence-corrected chi connectivity index (χ0v) is 15.3. The van der Waals surface area contributed by atoms with Gasteiger partial charge in [-0.15, -0.1) is 0 Å². The molecule has 0 spiro atoms. The number of benzene rings is 1. The van der Waals surface area contributed by atoms with Crippen LogP contribution in [0.15, 0.2) is 18.2 Å². The van der Waals surface area contributed by atoms with Crippen molar-refractivity contribution in [1.29, 1.82) is 0 Å². The highest BCUT2D eigenvalue weighted by Gasteiger charge is 2.24. The van der Waals surface area contributed by atoms with Crippen molar-refractivity contribution in [3.05, 3.63) is 23.8 Å². The average Bonchev–Trinajstić information content (AvgIpc) is 2.61. The van der Waals surface area contributed by atoms with E-state index >= 15 is 0 Å². The molecule has 1 amide bonds. The lowest BCUT2D eigenvalue weighted by atomic mass is 9.86. The number of ether oxygens (including phenoxy) is 2. The van der Waals surface area contributed by atoms with Crippen LogP contribution in [0.3, 0.4) is 0 Å². The number of hydrogen-bond acceptors (Lipinski definition) is 3. The molecule has 1 aromatic rings. The molecule has 3 atom stereocenters. The summed E-state index contributed by atoms with van der Waals surface area (Å²) in [7, 11) is 3.31. The maximum absolute atomic E-state index is 12.3. The van der Waals surface area contributed by atoms with Gasteiger partial charge in [-0.25, -0.2) is 0 Å². The lowest BCUT2D eigenvalue weighted by molar-refractivity contribution is -0.682. The third kappa shape index (κ3) is 4.87. The van der Waals surface area contributed by atoms with E-state index < -0.39 is 0 Å². The third-order valence-corrected chi connectivity index (χ3v) is 5.04. The summed E-state index contributed by atoms with van der Waals surface area (Å²) in [6.45, 7) is 4.73. The first-order valence-electron chi connectivity index (χ1n) is 8.89. The highest BCUT2D eigenvalue weighted by atomic mass is 16.5. The molecule has 1 aliphatic carbocycles. The number of rotatable bonds is 7. The van der Waals surface area contributed by atoms with E-state index in [1.165, 1.54) is 19.3 Å². The quantitative estimate of drug-likeness (QED) is 0.801. The Hall–Kier alpha value is -1.75. The number of quaternary nitrogens is 1. The van der Waals surface area contributed by atoms with Gasteiger partial charge >= 0.3 is 0 Å². The lowest BCUT2D eigenvalue weighted by Gasteiger charge is -2.29. The third-order valence-electron chi connectivity index (χ3n) is 5.04. The summed E-state index contributed by atoms with van der Waals surface area (Å²) in [6, 6.07) is 6.21. The van der Waals surface area contributed by atoms with Gasteiger partial charge in [-0.2, -0.15) is 0 Å². The fourth-order valence-corrected chi connectivity index (χ4v) is 3.40. The monoisotopic (exact) mass is 335 g/mol. The molecule has 0 saturated heterocycles. The lowest BCUT2D eigenvalue weighted by Crippen LogP contribution is -2.87. The number of amides is 1. The fourth-order valence-electron chi connectivity index (χ4n) is 3.40. The Labute approximate surface area is 145 Å². The van der Waals surface area contributed by atoms with Gasteiger partial charge in [0.2, 0.25) is 0 Å². The van der Waals surface area contributed by atoms with E-state index in [2.05, 4.69) is 19.2 Å². The summed E-state index contributed by atoms with van der Waals surface area (Å²) in [6.07, 6.45) is 4.82. The predicted octanol–water partition coefficient (Wildman–Crippen LogP) is 2.02. The summed E-state index contributed by atoms with van der Waals surface area (Å²) in [5.74, 6) is 2.31. The fraction of sp³-hybridized carbons (Fsp3) is 0.632. The first-order valence-corrected chi connectivity index (χ1v) is 8.89. The summed E-state index contributed by atoms with van der Waals surface area (Å²) >= 11 is 0. The largest absolute Gasteiger partial charge is 0.497 e. The second-order valence-electron chi connectivity index (χ2n) is 6.77. The van der Waals surface area contributed by atoms with Gasteiger partial charge in [0.15, 0.2) is 6.54 Å². The molecule has 0 bridgehead atoms. The van der Waals surface area contributed by atoms with Gasteiger partial charge in [0, 0.05) is 6.04 Å². The molecule has 1 fully saturated rings. The molecule has 5 nitrogen and oxygen atoms in total. The minimum atomic E-state index is 0.113. The first-order chi connectivity index (χ1) is 11.5. The number of hydrogen-bond donors (Lipinski definition) is 2. The molecule has 2 rings (SSSR count). The van der Waals surface area contributed by atoms with Crippen LogP contribution in [-0.4, -0.2) is 32.7 Å². The van der Waals surface area contributed by atoms with Gasteiger partial charge in [0.1, 0.15) is 17.5 Å². The van der Waals surface area contributed by atoms with Crippen LogP contribution >= 0.6 is 0 Å². The Morgan fingerprint density at radius 1 is 1.29 bits per heavy atom. The molecule has 0 heterocycles. The van der Waals surface area contributed by atoms with Crippen LogP contribution in [0.1, 0.15) is 51.1 Å². The van der Waals surface area contributed by atoms with Crippen molar-refractivity contribution >= 4 is 5.91 Å². The molecular weight excluding hydrogens is 304 g/mol. The molecule has 0 radical (unpaired) electrons. The van der Waals surface area contributed by atoms with Crippen molar-refractivity contribution in [2.75, 3.05) is 20.8 Å². The second-order valence-corrected chi connectivity index (χ2v) is 6.77. The topological polar surface area (TPSA) is 64.2 Å². The zero-order valence-electron chi connectivity index (χ0n) is 15.3. The van der Waals surface area contributed by atoms with Gasteiger partial charge in [0.05, 0.1) is 19.8 Å². The highest BCUT2D eigenvalue weighted by Crippen LogP contribution is 2.27. The number of methoxy groups -OCH3 is 2. The maximum Gasteiger partial charge on any atom is 0.275 e. The molecule has 1 aliphatic rings. The SMILES string of the molecule is COc1ccc(OC)c([C@H](C)[NH2+]CC(=O)N[C@H]2CCCC[C@H]2C)c1. The van der Waals surface area contributed by atoms with E-state index in [1.807, 2.05) is 23.5 Å². The minimum Gasteiger partial charge on any atom is -0.497 e. The number of nitrogens with two attached hydrogens (primary N) is 1. The zero-order chi connectivity index (χ0) is 17.5. The number of carbonyl (C=O) groups is 1. The molecule has 1 saturated carbocycles. The van der Waals surface area contributed by atoms with Gasteiger partial charge < -0.3 is 20.1 Å². The van der Waals surface area contributed by atoms with E-state index in [4.69, 9.17) is 9.47 Å². The van der Waals surface area contributed by atoms with Gasteiger partial charge in [-0.05, 0) is 43.9 Å². The molecule has 5 heteroatoms. The van der Waals surface area contributed by atoms with Gasteiger partial charge in [-0.3, -0.25) is 4.79 Å². The van der Waals surface area contributed by atoms with E-state index in [-0.39, 0.29) is 11.9 Å². The van der Waals surface area contributed by atoms with Crippen LogP contribution in [0.5, 0.6) is 11.5 Å². The molecule has 0 aromatic heterocycles. The molecule has 0 unspecified atom stereocenters. The summed E-state index contributed by atoms with van der Waals surface area (Å²) in [4.78, 5) is 12.3. The van der Waals surface area contributed by atoms with E-state index in [9.17, 15) is 4.79 Å². The van der Waals surface area contributed by atoms with Crippen molar-refractivity contribution in [1.82, 2.24) is 5.32 Å². The van der Waals surface area contributed by atoms with Crippen molar-refractivity contribution < 1.29 is 19.6 Å². The Morgan fingerprint density at radius 2 is 2.04 bits per heavy atom. The van der Waals surface area contributed by atoms with E-state index in [1.54, 1.807) is 14.2 Å². The molecule has 134 valence electrons. The predicted molar refractivity (Wildman–Crippen MR) is 94.3 cm³/mol. The summed E-state index contributed by atoms with van der Waals surface area (Å²) in [5, 5.41) is 5.24. The Bertz CT molecular complexity index is 547.